The lowest BCUT2D eigenvalue weighted by Crippen LogP contribution is -2.60. The number of likely N-dealkylation sites (N-methyl/N-ethyl adjacent to an activating group) is 1. The van der Waals surface area contributed by atoms with E-state index in [4.69, 9.17) is 14.2 Å². The lowest BCUT2D eigenvalue weighted by atomic mass is 9.85. The second-order valence-electron chi connectivity index (χ2n) is 4.55. The number of benzene rings is 1. The molecule has 1 aliphatic carbocycles. The van der Waals surface area contributed by atoms with Crippen molar-refractivity contribution < 1.29 is 18.6 Å². The number of ether oxygens (including phenoxy) is 3. The third-order valence-corrected chi connectivity index (χ3v) is 3.33. The molecule has 1 fully saturated rings. The van der Waals surface area contributed by atoms with E-state index < -0.39 is 0 Å². The van der Waals surface area contributed by atoms with Gasteiger partial charge in [-0.2, -0.15) is 0 Å². The van der Waals surface area contributed by atoms with Crippen molar-refractivity contribution in [3.63, 3.8) is 0 Å². The molecule has 0 aromatic heterocycles. The molecule has 0 bridgehead atoms. The van der Waals surface area contributed by atoms with E-state index in [0.717, 1.165) is 6.42 Å². The highest BCUT2D eigenvalue weighted by Crippen LogP contribution is 2.30. The third kappa shape index (κ3) is 3.43. The first-order valence-corrected chi connectivity index (χ1v) is 6.45. The smallest absolute Gasteiger partial charge is 0.165 e. The highest BCUT2D eigenvalue weighted by Gasteiger charge is 2.43. The molecule has 0 aliphatic heterocycles. The fourth-order valence-electron chi connectivity index (χ4n) is 2.17. The van der Waals surface area contributed by atoms with Gasteiger partial charge in [0.05, 0.1) is 13.2 Å². The number of para-hydroxylation sites is 1. The van der Waals surface area contributed by atoms with Gasteiger partial charge in [-0.15, -0.1) is 0 Å². The molecule has 1 saturated carbocycles. The number of hydrogen-bond acceptors (Lipinski definition) is 4. The maximum atomic E-state index is 13.5. The van der Waals surface area contributed by atoms with Crippen molar-refractivity contribution in [1.82, 2.24) is 5.32 Å². The van der Waals surface area contributed by atoms with Crippen molar-refractivity contribution in [2.45, 2.75) is 24.7 Å². The van der Waals surface area contributed by atoms with Crippen LogP contribution in [-0.2, 0) is 9.47 Å². The van der Waals surface area contributed by atoms with Gasteiger partial charge in [0, 0.05) is 19.6 Å². The van der Waals surface area contributed by atoms with Gasteiger partial charge in [0.2, 0.25) is 0 Å². The summed E-state index contributed by atoms with van der Waals surface area (Å²) in [6.07, 6.45) is 0.619. The number of nitrogens with one attached hydrogen (secondary N) is 1. The quantitative estimate of drug-likeness (QED) is 0.763. The molecule has 19 heavy (non-hydrogen) atoms. The summed E-state index contributed by atoms with van der Waals surface area (Å²) in [5.41, 5.74) is 0. The van der Waals surface area contributed by atoms with Gasteiger partial charge in [-0.05, 0) is 19.2 Å². The molecule has 5 heteroatoms. The Morgan fingerprint density at radius 1 is 1.32 bits per heavy atom. The zero-order chi connectivity index (χ0) is 13.7. The number of halogens is 1. The first-order valence-electron chi connectivity index (χ1n) is 6.45. The van der Waals surface area contributed by atoms with Crippen molar-refractivity contribution in [3.05, 3.63) is 30.1 Å². The van der Waals surface area contributed by atoms with E-state index in [1.54, 1.807) is 25.3 Å². The third-order valence-electron chi connectivity index (χ3n) is 3.33. The molecule has 0 radical (unpaired) electrons. The topological polar surface area (TPSA) is 39.7 Å². The van der Waals surface area contributed by atoms with Crippen molar-refractivity contribution >= 4 is 0 Å². The fourth-order valence-corrected chi connectivity index (χ4v) is 2.17. The Bertz CT molecular complexity index is 402. The standard InChI is InChI=1S/C14H20FNO3/c1-16-11-9-13(14(11)18-8-7-17-2)19-12-6-4-3-5-10(12)15/h3-6,11,13-14,16H,7-9H2,1-2H3. The maximum absolute atomic E-state index is 13.5. The molecule has 0 spiro atoms. The monoisotopic (exact) mass is 269 g/mol. The summed E-state index contributed by atoms with van der Waals surface area (Å²) in [6.45, 7) is 1.05. The van der Waals surface area contributed by atoms with Crippen LogP contribution in [0.3, 0.4) is 0 Å². The lowest BCUT2D eigenvalue weighted by Gasteiger charge is -2.43. The summed E-state index contributed by atoms with van der Waals surface area (Å²) in [7, 11) is 3.52. The van der Waals surface area contributed by atoms with Crippen molar-refractivity contribution in [1.29, 1.82) is 0 Å². The summed E-state index contributed by atoms with van der Waals surface area (Å²) in [4.78, 5) is 0. The molecule has 0 heterocycles. The van der Waals surface area contributed by atoms with Gasteiger partial charge in [0.1, 0.15) is 12.2 Å². The predicted octanol–water partition coefficient (Wildman–Crippen LogP) is 1.60. The van der Waals surface area contributed by atoms with Crippen molar-refractivity contribution in [2.24, 2.45) is 0 Å². The Kier molecular flexibility index (Phi) is 5.13. The van der Waals surface area contributed by atoms with Crippen molar-refractivity contribution in [2.75, 3.05) is 27.4 Å². The molecule has 106 valence electrons. The second-order valence-corrected chi connectivity index (χ2v) is 4.55. The summed E-state index contributed by atoms with van der Waals surface area (Å²) in [5.74, 6) is -0.0616. The molecule has 4 nitrogen and oxygen atoms in total. The Morgan fingerprint density at radius 2 is 2.11 bits per heavy atom. The highest BCUT2D eigenvalue weighted by molar-refractivity contribution is 5.24. The summed E-state index contributed by atoms with van der Waals surface area (Å²) in [5, 5.41) is 3.17. The van der Waals surface area contributed by atoms with E-state index in [9.17, 15) is 4.39 Å². The molecule has 3 atom stereocenters. The molecule has 2 rings (SSSR count). The van der Waals surface area contributed by atoms with Crippen LogP contribution in [0.4, 0.5) is 4.39 Å². The van der Waals surface area contributed by atoms with Gasteiger partial charge in [0.15, 0.2) is 11.6 Å². The summed E-state index contributed by atoms with van der Waals surface area (Å²) < 4.78 is 29.9. The molecule has 0 amide bonds. The summed E-state index contributed by atoms with van der Waals surface area (Å²) in [6, 6.07) is 6.67. The first kappa shape index (κ1) is 14.2. The van der Waals surface area contributed by atoms with Crippen LogP contribution in [0, 0.1) is 5.82 Å². The van der Waals surface area contributed by atoms with Gasteiger partial charge >= 0.3 is 0 Å². The molecule has 1 aromatic rings. The highest BCUT2D eigenvalue weighted by atomic mass is 19.1. The number of rotatable bonds is 7. The Labute approximate surface area is 112 Å². The molecular formula is C14H20FNO3. The predicted molar refractivity (Wildman–Crippen MR) is 69.9 cm³/mol. The first-order chi connectivity index (χ1) is 9.26. The average Bonchev–Trinajstić information content (AvgIpc) is 2.41. The minimum absolute atomic E-state index is 0.0697. The zero-order valence-corrected chi connectivity index (χ0v) is 11.3. The lowest BCUT2D eigenvalue weighted by molar-refractivity contribution is -0.115. The van der Waals surface area contributed by atoms with E-state index >= 15 is 0 Å². The number of hydrogen-bond donors (Lipinski definition) is 1. The largest absolute Gasteiger partial charge is 0.485 e. The molecule has 3 unspecified atom stereocenters. The van der Waals surface area contributed by atoms with E-state index in [2.05, 4.69) is 5.32 Å². The van der Waals surface area contributed by atoms with E-state index in [-0.39, 0.29) is 29.8 Å². The Balaban J connectivity index is 1.91. The second kappa shape index (κ2) is 6.84. The van der Waals surface area contributed by atoms with E-state index in [0.29, 0.717) is 13.2 Å². The molecule has 1 N–H and O–H groups in total. The molecule has 1 aliphatic rings. The fraction of sp³-hybridized carbons (Fsp3) is 0.571. The van der Waals surface area contributed by atoms with Gasteiger partial charge in [-0.1, -0.05) is 12.1 Å². The molecule has 0 saturated heterocycles. The van der Waals surface area contributed by atoms with Gasteiger partial charge in [-0.25, -0.2) is 4.39 Å². The summed E-state index contributed by atoms with van der Waals surface area (Å²) >= 11 is 0. The van der Waals surface area contributed by atoms with E-state index in [1.807, 2.05) is 7.05 Å². The van der Waals surface area contributed by atoms with Crippen LogP contribution in [0.1, 0.15) is 6.42 Å². The van der Waals surface area contributed by atoms with Gasteiger partial charge < -0.3 is 19.5 Å². The van der Waals surface area contributed by atoms with Crippen LogP contribution in [0.5, 0.6) is 5.75 Å². The number of methoxy groups -OCH3 is 1. The van der Waals surface area contributed by atoms with Crippen LogP contribution in [0.15, 0.2) is 24.3 Å². The normalized spacial score (nSPS) is 25.9. The van der Waals surface area contributed by atoms with Crippen LogP contribution in [0.25, 0.3) is 0 Å². The zero-order valence-electron chi connectivity index (χ0n) is 11.3. The Morgan fingerprint density at radius 3 is 2.79 bits per heavy atom. The maximum Gasteiger partial charge on any atom is 0.165 e. The minimum atomic E-state index is -0.342. The minimum Gasteiger partial charge on any atom is -0.485 e. The molecule has 1 aromatic carbocycles. The van der Waals surface area contributed by atoms with Crippen LogP contribution in [0.2, 0.25) is 0 Å². The van der Waals surface area contributed by atoms with Crippen molar-refractivity contribution in [3.8, 4) is 5.75 Å². The van der Waals surface area contributed by atoms with Crippen LogP contribution >= 0.6 is 0 Å². The van der Waals surface area contributed by atoms with Crippen LogP contribution in [-0.4, -0.2) is 45.6 Å². The van der Waals surface area contributed by atoms with Gasteiger partial charge in [0.25, 0.3) is 0 Å². The van der Waals surface area contributed by atoms with Crippen LogP contribution < -0.4 is 10.1 Å². The molecular weight excluding hydrogens is 249 g/mol. The Hall–Kier alpha value is -1.17. The van der Waals surface area contributed by atoms with E-state index in [1.165, 1.54) is 6.07 Å². The SMILES string of the molecule is CNC1CC(Oc2ccccc2F)C1OCCOC. The average molecular weight is 269 g/mol. The van der Waals surface area contributed by atoms with Gasteiger partial charge in [-0.3, -0.25) is 0 Å².